The molecular weight excluding hydrogens is 288 g/mol. The molecule has 7 heteroatoms. The third kappa shape index (κ3) is 4.30. The molecule has 1 amide bonds. The molecule has 1 unspecified atom stereocenters. The molecule has 2 N–H and O–H groups in total. The molecule has 0 aliphatic rings. The molecule has 0 aliphatic carbocycles. The second kappa shape index (κ2) is 7.24. The summed E-state index contributed by atoms with van der Waals surface area (Å²) in [4.78, 5) is 24.4. The van der Waals surface area contributed by atoms with E-state index in [9.17, 15) is 9.90 Å². The maximum absolute atomic E-state index is 12.0. The first-order chi connectivity index (χ1) is 10.1. The Bertz CT molecular complexity index is 586. The Morgan fingerprint density at radius 2 is 2.10 bits per heavy atom. The van der Waals surface area contributed by atoms with Crippen molar-refractivity contribution in [3.8, 4) is 10.8 Å². The number of hydrogen-bond acceptors (Lipinski definition) is 6. The Morgan fingerprint density at radius 1 is 1.38 bits per heavy atom. The quantitative estimate of drug-likeness (QED) is 0.848. The molecule has 0 aliphatic heterocycles. The fourth-order valence-electron chi connectivity index (χ4n) is 1.65. The standard InChI is InChI=1S/C14H18N4O2S/c1-9(2)11(19)4-7-17-13(20)10-8-21-14(18-10)12-15-5-3-6-16-12/h3,5-6,8-9,11,19H,4,7H2,1-2H3,(H,17,20). The van der Waals surface area contributed by atoms with Gasteiger partial charge in [-0.05, 0) is 18.4 Å². The van der Waals surface area contributed by atoms with Crippen LogP contribution in [0.1, 0.15) is 30.8 Å². The van der Waals surface area contributed by atoms with E-state index in [1.54, 1.807) is 23.8 Å². The van der Waals surface area contributed by atoms with Crippen molar-refractivity contribution in [2.75, 3.05) is 6.54 Å². The third-order valence-electron chi connectivity index (χ3n) is 2.99. The minimum Gasteiger partial charge on any atom is -0.393 e. The molecule has 0 spiro atoms. The van der Waals surface area contributed by atoms with E-state index in [0.29, 0.717) is 29.5 Å². The molecule has 0 saturated heterocycles. The predicted molar refractivity (Wildman–Crippen MR) is 80.9 cm³/mol. The summed E-state index contributed by atoms with van der Waals surface area (Å²) in [5.41, 5.74) is 0.349. The van der Waals surface area contributed by atoms with Crippen molar-refractivity contribution in [3.63, 3.8) is 0 Å². The lowest BCUT2D eigenvalue weighted by Gasteiger charge is -2.13. The number of carbonyl (C=O) groups excluding carboxylic acids is 1. The van der Waals surface area contributed by atoms with Crippen molar-refractivity contribution in [2.24, 2.45) is 5.92 Å². The van der Waals surface area contributed by atoms with Crippen molar-refractivity contribution < 1.29 is 9.90 Å². The van der Waals surface area contributed by atoms with Crippen LogP contribution in [0.4, 0.5) is 0 Å². The third-order valence-corrected chi connectivity index (χ3v) is 3.83. The number of thiazole rings is 1. The Hall–Kier alpha value is -1.86. The molecular formula is C14H18N4O2S. The molecule has 2 aromatic rings. The first kappa shape index (κ1) is 15.5. The van der Waals surface area contributed by atoms with Gasteiger partial charge in [0.1, 0.15) is 5.69 Å². The van der Waals surface area contributed by atoms with E-state index < -0.39 is 6.10 Å². The van der Waals surface area contributed by atoms with Gasteiger partial charge in [0, 0.05) is 24.3 Å². The zero-order valence-electron chi connectivity index (χ0n) is 12.0. The van der Waals surface area contributed by atoms with Gasteiger partial charge < -0.3 is 10.4 Å². The second-order valence-electron chi connectivity index (χ2n) is 4.97. The van der Waals surface area contributed by atoms with Crippen LogP contribution < -0.4 is 5.32 Å². The summed E-state index contributed by atoms with van der Waals surface area (Å²) >= 11 is 1.33. The minimum atomic E-state index is -0.408. The molecule has 0 radical (unpaired) electrons. The van der Waals surface area contributed by atoms with Gasteiger partial charge in [0.15, 0.2) is 10.8 Å². The molecule has 2 aromatic heterocycles. The molecule has 0 saturated carbocycles. The van der Waals surface area contributed by atoms with Gasteiger partial charge in [-0.3, -0.25) is 4.79 Å². The maximum atomic E-state index is 12.0. The van der Waals surface area contributed by atoms with Crippen molar-refractivity contribution in [1.82, 2.24) is 20.3 Å². The van der Waals surface area contributed by atoms with E-state index in [-0.39, 0.29) is 11.8 Å². The van der Waals surface area contributed by atoms with Gasteiger partial charge in [-0.1, -0.05) is 13.8 Å². The number of nitrogens with zero attached hydrogens (tertiary/aromatic N) is 3. The number of aliphatic hydroxyl groups is 1. The fraction of sp³-hybridized carbons (Fsp3) is 0.429. The van der Waals surface area contributed by atoms with Gasteiger partial charge >= 0.3 is 0 Å². The fourth-order valence-corrected chi connectivity index (χ4v) is 2.39. The molecule has 2 rings (SSSR count). The second-order valence-corrected chi connectivity index (χ2v) is 5.82. The molecule has 0 fully saturated rings. The largest absolute Gasteiger partial charge is 0.393 e. The van der Waals surface area contributed by atoms with E-state index in [2.05, 4.69) is 20.3 Å². The first-order valence-corrected chi connectivity index (χ1v) is 7.65. The van der Waals surface area contributed by atoms with Crippen molar-refractivity contribution in [3.05, 3.63) is 29.5 Å². The van der Waals surface area contributed by atoms with Gasteiger partial charge in [-0.2, -0.15) is 0 Å². The van der Waals surface area contributed by atoms with Gasteiger partial charge in [0.2, 0.25) is 0 Å². The average molecular weight is 306 g/mol. The zero-order valence-corrected chi connectivity index (χ0v) is 12.8. The smallest absolute Gasteiger partial charge is 0.270 e. The average Bonchev–Trinajstić information content (AvgIpc) is 2.97. The Kier molecular flexibility index (Phi) is 5.35. The van der Waals surface area contributed by atoms with Crippen LogP contribution in [0, 0.1) is 5.92 Å². The molecule has 112 valence electrons. The number of nitrogens with one attached hydrogen (secondary N) is 1. The summed E-state index contributed by atoms with van der Waals surface area (Å²) < 4.78 is 0. The highest BCUT2D eigenvalue weighted by molar-refractivity contribution is 7.13. The van der Waals surface area contributed by atoms with Crippen LogP contribution in [-0.2, 0) is 0 Å². The Balaban J connectivity index is 1.91. The summed E-state index contributed by atoms with van der Waals surface area (Å²) in [7, 11) is 0. The SMILES string of the molecule is CC(C)C(O)CCNC(=O)c1csc(-c2ncccn2)n1. The number of amides is 1. The summed E-state index contributed by atoms with van der Waals surface area (Å²) in [6.07, 6.45) is 3.39. The van der Waals surface area contributed by atoms with E-state index in [4.69, 9.17) is 0 Å². The van der Waals surface area contributed by atoms with Crippen LogP contribution in [0.3, 0.4) is 0 Å². The Labute approximate surface area is 127 Å². The molecule has 0 bridgehead atoms. The maximum Gasteiger partial charge on any atom is 0.270 e. The number of rotatable bonds is 6. The number of hydrogen-bond donors (Lipinski definition) is 2. The van der Waals surface area contributed by atoms with Crippen molar-refractivity contribution in [2.45, 2.75) is 26.4 Å². The topological polar surface area (TPSA) is 88.0 Å². The van der Waals surface area contributed by atoms with E-state index in [1.165, 1.54) is 11.3 Å². The van der Waals surface area contributed by atoms with E-state index in [0.717, 1.165) is 0 Å². The van der Waals surface area contributed by atoms with E-state index >= 15 is 0 Å². The first-order valence-electron chi connectivity index (χ1n) is 6.77. The Morgan fingerprint density at radius 3 is 2.76 bits per heavy atom. The normalized spacial score (nSPS) is 12.4. The van der Waals surface area contributed by atoms with Crippen LogP contribution in [0.5, 0.6) is 0 Å². The highest BCUT2D eigenvalue weighted by Gasteiger charge is 2.14. The molecule has 6 nitrogen and oxygen atoms in total. The van der Waals surface area contributed by atoms with Gasteiger partial charge in [-0.15, -0.1) is 11.3 Å². The van der Waals surface area contributed by atoms with Crippen LogP contribution in [0.2, 0.25) is 0 Å². The molecule has 0 aromatic carbocycles. The minimum absolute atomic E-state index is 0.183. The number of aromatic nitrogens is 3. The number of carbonyl (C=O) groups is 1. The van der Waals surface area contributed by atoms with Crippen molar-refractivity contribution in [1.29, 1.82) is 0 Å². The summed E-state index contributed by atoms with van der Waals surface area (Å²) in [5, 5.41) is 14.7. The van der Waals surface area contributed by atoms with Crippen LogP contribution in [0.15, 0.2) is 23.8 Å². The van der Waals surface area contributed by atoms with Gasteiger partial charge in [0.25, 0.3) is 5.91 Å². The van der Waals surface area contributed by atoms with Crippen LogP contribution >= 0.6 is 11.3 Å². The van der Waals surface area contributed by atoms with Gasteiger partial charge in [0.05, 0.1) is 6.10 Å². The summed E-state index contributed by atoms with van der Waals surface area (Å²) in [5.74, 6) is 0.448. The molecule has 2 heterocycles. The number of aliphatic hydroxyl groups excluding tert-OH is 1. The lowest BCUT2D eigenvalue weighted by molar-refractivity contribution is 0.0916. The summed E-state index contributed by atoms with van der Waals surface area (Å²) in [6.45, 7) is 4.31. The lowest BCUT2D eigenvalue weighted by Crippen LogP contribution is -2.28. The lowest BCUT2D eigenvalue weighted by atomic mass is 10.0. The summed E-state index contributed by atoms with van der Waals surface area (Å²) in [6, 6.07) is 1.73. The zero-order chi connectivity index (χ0) is 15.2. The van der Waals surface area contributed by atoms with Gasteiger partial charge in [-0.25, -0.2) is 15.0 Å². The monoisotopic (exact) mass is 306 g/mol. The predicted octanol–water partition coefficient (Wildman–Crippen LogP) is 1.74. The highest BCUT2D eigenvalue weighted by Crippen LogP contribution is 2.19. The molecule has 21 heavy (non-hydrogen) atoms. The van der Waals surface area contributed by atoms with Crippen LogP contribution in [-0.4, -0.2) is 38.6 Å². The van der Waals surface area contributed by atoms with Crippen molar-refractivity contribution >= 4 is 17.2 Å². The highest BCUT2D eigenvalue weighted by atomic mass is 32.1. The van der Waals surface area contributed by atoms with Crippen LogP contribution in [0.25, 0.3) is 10.8 Å². The molecule has 1 atom stereocenters. The van der Waals surface area contributed by atoms with E-state index in [1.807, 2.05) is 13.8 Å².